The van der Waals surface area contributed by atoms with Gasteiger partial charge in [0.15, 0.2) is 11.5 Å². The molecule has 7 heteroatoms. The van der Waals surface area contributed by atoms with Gasteiger partial charge in [-0.3, -0.25) is 14.5 Å². The van der Waals surface area contributed by atoms with Crippen molar-refractivity contribution >= 4 is 39.9 Å². The van der Waals surface area contributed by atoms with Gasteiger partial charge >= 0.3 is 0 Å². The van der Waals surface area contributed by atoms with E-state index in [1.54, 1.807) is 7.11 Å². The molecule has 1 aromatic heterocycles. The number of aromatic nitrogens is 1. The van der Waals surface area contributed by atoms with E-state index in [-0.39, 0.29) is 17.2 Å². The van der Waals surface area contributed by atoms with Crippen molar-refractivity contribution in [2.45, 2.75) is 26.4 Å². The molecule has 31 heavy (non-hydrogen) atoms. The molecule has 2 amide bonds. The van der Waals surface area contributed by atoms with Crippen molar-refractivity contribution < 1.29 is 19.1 Å². The number of hydrogen-bond acceptors (Lipinski definition) is 5. The molecular weight excluding hydrogens is 412 g/mol. The van der Waals surface area contributed by atoms with Crippen molar-refractivity contribution in [2.24, 2.45) is 0 Å². The van der Waals surface area contributed by atoms with E-state index in [2.05, 4.69) is 4.57 Å². The molecular formula is C24H24N2O4S. The number of fused-ring (bicyclic) bond motifs is 1. The molecule has 0 N–H and O–H groups in total. The number of para-hydroxylation sites is 3. The standard InChI is InChI=1S/C24H24N2O4S/c1-16(2)26-23(27)22(31-24(26)28)14-17-15-25(19-9-5-4-8-18(17)19)12-13-30-21-11-7-6-10-20(21)29-3/h4-11,14-16H,12-13H2,1-3H3/b22-14-. The number of hydrogen-bond donors (Lipinski definition) is 0. The van der Waals surface area contributed by atoms with Gasteiger partial charge in [0.1, 0.15) is 6.61 Å². The van der Waals surface area contributed by atoms with Crippen LogP contribution in [-0.4, -0.2) is 40.4 Å². The molecule has 0 atom stereocenters. The van der Waals surface area contributed by atoms with E-state index in [1.165, 1.54) is 4.90 Å². The summed E-state index contributed by atoms with van der Waals surface area (Å²) in [6.07, 6.45) is 3.81. The van der Waals surface area contributed by atoms with Crippen LogP contribution in [0.5, 0.6) is 11.5 Å². The van der Waals surface area contributed by atoms with Crippen LogP contribution in [0.25, 0.3) is 17.0 Å². The van der Waals surface area contributed by atoms with E-state index < -0.39 is 0 Å². The molecule has 6 nitrogen and oxygen atoms in total. The largest absolute Gasteiger partial charge is 0.493 e. The van der Waals surface area contributed by atoms with Gasteiger partial charge < -0.3 is 14.0 Å². The van der Waals surface area contributed by atoms with Gasteiger partial charge in [0.2, 0.25) is 0 Å². The molecule has 0 spiro atoms. The Bertz CT molecular complexity index is 1170. The number of ether oxygens (including phenoxy) is 2. The molecule has 0 unspecified atom stereocenters. The number of nitrogens with zero attached hydrogens (tertiary/aromatic N) is 2. The van der Waals surface area contributed by atoms with Crippen LogP contribution in [0.3, 0.4) is 0 Å². The normalized spacial score (nSPS) is 15.5. The number of carbonyl (C=O) groups excluding carboxylic acids is 2. The third-order valence-electron chi connectivity index (χ3n) is 5.10. The van der Waals surface area contributed by atoms with E-state index in [1.807, 2.05) is 74.7 Å². The molecule has 0 aliphatic carbocycles. The molecule has 1 fully saturated rings. The number of rotatable bonds is 7. The lowest BCUT2D eigenvalue weighted by Crippen LogP contribution is -2.34. The summed E-state index contributed by atoms with van der Waals surface area (Å²) in [5, 5.41) is 0.802. The number of carbonyl (C=O) groups is 2. The highest BCUT2D eigenvalue weighted by atomic mass is 32.2. The van der Waals surface area contributed by atoms with Crippen LogP contribution in [-0.2, 0) is 11.3 Å². The molecule has 1 saturated heterocycles. The summed E-state index contributed by atoms with van der Waals surface area (Å²) >= 11 is 0.993. The third kappa shape index (κ3) is 4.18. The van der Waals surface area contributed by atoms with E-state index in [4.69, 9.17) is 9.47 Å². The molecule has 4 rings (SSSR count). The zero-order valence-electron chi connectivity index (χ0n) is 17.7. The Morgan fingerprint density at radius 1 is 1.03 bits per heavy atom. The second kappa shape index (κ2) is 8.89. The monoisotopic (exact) mass is 436 g/mol. The zero-order chi connectivity index (χ0) is 22.0. The van der Waals surface area contributed by atoms with Gasteiger partial charge in [-0.25, -0.2) is 0 Å². The maximum atomic E-state index is 12.7. The average molecular weight is 437 g/mol. The molecule has 1 aliphatic heterocycles. The van der Waals surface area contributed by atoms with Crippen LogP contribution in [0.1, 0.15) is 19.4 Å². The summed E-state index contributed by atoms with van der Waals surface area (Å²) in [7, 11) is 1.62. The number of thioether (sulfide) groups is 1. The minimum Gasteiger partial charge on any atom is -0.493 e. The van der Waals surface area contributed by atoms with Crippen molar-refractivity contribution in [2.75, 3.05) is 13.7 Å². The van der Waals surface area contributed by atoms with E-state index >= 15 is 0 Å². The lowest BCUT2D eigenvalue weighted by Gasteiger charge is -2.16. The average Bonchev–Trinajstić information content (AvgIpc) is 3.25. The molecule has 0 bridgehead atoms. The first-order chi connectivity index (χ1) is 15.0. The quantitative estimate of drug-likeness (QED) is 0.478. The molecule has 1 aliphatic rings. The van der Waals surface area contributed by atoms with Crippen LogP contribution in [0.2, 0.25) is 0 Å². The van der Waals surface area contributed by atoms with Gasteiger partial charge in [-0.1, -0.05) is 30.3 Å². The van der Waals surface area contributed by atoms with Gasteiger partial charge in [0.25, 0.3) is 11.1 Å². The number of methoxy groups -OCH3 is 1. The highest BCUT2D eigenvalue weighted by Crippen LogP contribution is 2.35. The molecule has 3 aromatic rings. The zero-order valence-corrected chi connectivity index (χ0v) is 18.5. The van der Waals surface area contributed by atoms with Gasteiger partial charge in [-0.2, -0.15) is 0 Å². The second-order valence-electron chi connectivity index (χ2n) is 7.44. The summed E-state index contributed by atoms with van der Waals surface area (Å²) in [6.45, 7) is 4.77. The number of amides is 2. The van der Waals surface area contributed by atoms with Gasteiger partial charge in [0.05, 0.1) is 18.6 Å². The fraction of sp³-hybridized carbons (Fsp3) is 0.250. The van der Waals surface area contributed by atoms with Crippen molar-refractivity contribution in [3.63, 3.8) is 0 Å². The smallest absolute Gasteiger partial charge is 0.293 e. The lowest BCUT2D eigenvalue weighted by molar-refractivity contribution is -0.123. The fourth-order valence-electron chi connectivity index (χ4n) is 3.63. The van der Waals surface area contributed by atoms with Crippen LogP contribution in [0, 0.1) is 0 Å². The van der Waals surface area contributed by atoms with Crippen molar-refractivity contribution in [3.05, 3.63) is 65.2 Å². The Morgan fingerprint density at radius 2 is 1.74 bits per heavy atom. The Kier molecular flexibility index (Phi) is 6.04. The van der Waals surface area contributed by atoms with Crippen LogP contribution in [0.15, 0.2) is 59.6 Å². The summed E-state index contributed by atoms with van der Waals surface area (Å²) in [5.74, 6) is 1.16. The highest BCUT2D eigenvalue weighted by Gasteiger charge is 2.36. The maximum absolute atomic E-state index is 12.7. The summed E-state index contributed by atoms with van der Waals surface area (Å²) in [4.78, 5) is 26.6. The van der Waals surface area contributed by atoms with Crippen LogP contribution in [0.4, 0.5) is 4.79 Å². The van der Waals surface area contributed by atoms with Crippen molar-refractivity contribution in [1.29, 1.82) is 0 Å². The van der Waals surface area contributed by atoms with Gasteiger partial charge in [0, 0.05) is 28.7 Å². The van der Waals surface area contributed by atoms with Crippen molar-refractivity contribution in [3.8, 4) is 11.5 Å². The minimum absolute atomic E-state index is 0.160. The Balaban J connectivity index is 1.58. The topological polar surface area (TPSA) is 60.8 Å². The first kappa shape index (κ1) is 21.1. The van der Waals surface area contributed by atoms with Crippen LogP contribution < -0.4 is 9.47 Å². The maximum Gasteiger partial charge on any atom is 0.293 e. The number of imide groups is 1. The summed E-state index contributed by atoms with van der Waals surface area (Å²) in [5.41, 5.74) is 1.95. The van der Waals surface area contributed by atoms with E-state index in [0.717, 1.165) is 28.2 Å². The molecule has 0 saturated carbocycles. The predicted molar refractivity (Wildman–Crippen MR) is 123 cm³/mol. The Labute approximate surface area is 185 Å². The summed E-state index contributed by atoms with van der Waals surface area (Å²) in [6, 6.07) is 15.4. The van der Waals surface area contributed by atoms with Crippen molar-refractivity contribution in [1.82, 2.24) is 9.47 Å². The van der Waals surface area contributed by atoms with E-state index in [0.29, 0.717) is 29.6 Å². The minimum atomic E-state index is -0.235. The van der Waals surface area contributed by atoms with Crippen LogP contribution >= 0.6 is 11.8 Å². The third-order valence-corrected chi connectivity index (χ3v) is 5.99. The second-order valence-corrected chi connectivity index (χ2v) is 8.43. The number of benzene rings is 2. The SMILES string of the molecule is COc1ccccc1OCCn1cc(/C=C2\SC(=O)N(C(C)C)C2=O)c2ccccc21. The Hall–Kier alpha value is -3.19. The predicted octanol–water partition coefficient (Wildman–Crippen LogP) is 5.17. The summed E-state index contributed by atoms with van der Waals surface area (Å²) < 4.78 is 13.4. The Morgan fingerprint density at radius 3 is 2.45 bits per heavy atom. The fourth-order valence-corrected chi connectivity index (χ4v) is 4.59. The first-order valence-electron chi connectivity index (χ1n) is 10.1. The molecule has 160 valence electrons. The molecule has 0 radical (unpaired) electrons. The molecule has 2 heterocycles. The first-order valence-corrected chi connectivity index (χ1v) is 10.9. The molecule has 2 aromatic carbocycles. The van der Waals surface area contributed by atoms with E-state index in [9.17, 15) is 9.59 Å². The lowest BCUT2D eigenvalue weighted by atomic mass is 10.1. The van der Waals surface area contributed by atoms with Gasteiger partial charge in [-0.05, 0) is 49.9 Å². The van der Waals surface area contributed by atoms with Gasteiger partial charge in [-0.15, -0.1) is 0 Å². The highest BCUT2D eigenvalue weighted by molar-refractivity contribution is 8.18.